The van der Waals surface area contributed by atoms with Crippen LogP contribution in [0.3, 0.4) is 0 Å². The number of carbonyl (C=O) groups is 1. The molecule has 0 fully saturated rings. The van der Waals surface area contributed by atoms with Gasteiger partial charge in [0.15, 0.2) is 11.0 Å². The van der Waals surface area contributed by atoms with E-state index >= 15 is 0 Å². The Bertz CT molecular complexity index is 931. The molecule has 3 rings (SSSR count). The molecule has 0 unspecified atom stereocenters. The number of benzene rings is 2. The molecule has 0 saturated carbocycles. The lowest BCUT2D eigenvalue weighted by molar-refractivity contribution is -0.653. The summed E-state index contributed by atoms with van der Waals surface area (Å²) in [5, 5.41) is 10.5. The normalized spacial score (nSPS) is 12.1. The Morgan fingerprint density at radius 3 is 2.56 bits per heavy atom. The minimum absolute atomic E-state index is 0.164. The van der Waals surface area contributed by atoms with Crippen molar-refractivity contribution in [1.82, 2.24) is 4.57 Å². The third-order valence-corrected chi connectivity index (χ3v) is 4.66. The standard InChI is InChI=1S/C21H25N2O4/c1-4-20-22(2)18-7-5-6-8-19(18)23(20)13-16(24)14-27-17-11-9-15(10-12-17)21(25)26-3/h5-12,16,24H,4,13-14H2,1-3H3/q+1/t16-/m1/s1. The second-order valence-corrected chi connectivity index (χ2v) is 6.41. The summed E-state index contributed by atoms with van der Waals surface area (Å²) in [7, 11) is 3.39. The van der Waals surface area contributed by atoms with Gasteiger partial charge in [-0.05, 0) is 36.4 Å². The summed E-state index contributed by atoms with van der Waals surface area (Å²) < 4.78 is 14.7. The summed E-state index contributed by atoms with van der Waals surface area (Å²) >= 11 is 0. The van der Waals surface area contributed by atoms with E-state index in [2.05, 4.69) is 32.9 Å². The number of carbonyl (C=O) groups excluding carboxylic acids is 1. The number of aromatic nitrogens is 2. The monoisotopic (exact) mass is 369 g/mol. The summed E-state index contributed by atoms with van der Waals surface area (Å²) in [4.78, 5) is 11.5. The summed E-state index contributed by atoms with van der Waals surface area (Å²) in [6.45, 7) is 2.72. The molecule has 6 heteroatoms. The van der Waals surface area contributed by atoms with E-state index in [9.17, 15) is 9.90 Å². The molecule has 0 amide bonds. The first kappa shape index (κ1) is 18.9. The van der Waals surface area contributed by atoms with Gasteiger partial charge in [-0.25, -0.2) is 13.9 Å². The third-order valence-electron chi connectivity index (χ3n) is 4.66. The maximum absolute atomic E-state index is 11.5. The Balaban J connectivity index is 1.69. The molecule has 0 spiro atoms. The molecule has 1 N–H and O–H groups in total. The molecule has 1 heterocycles. The van der Waals surface area contributed by atoms with Crippen molar-refractivity contribution in [3.63, 3.8) is 0 Å². The molecule has 1 atom stereocenters. The first-order valence-electron chi connectivity index (χ1n) is 9.00. The number of fused-ring (bicyclic) bond motifs is 1. The number of aryl methyl sites for hydroxylation is 1. The van der Waals surface area contributed by atoms with Crippen molar-refractivity contribution in [3.05, 3.63) is 59.9 Å². The number of methoxy groups -OCH3 is 1. The van der Waals surface area contributed by atoms with Crippen molar-refractivity contribution in [3.8, 4) is 5.75 Å². The van der Waals surface area contributed by atoms with Crippen LogP contribution in [-0.4, -0.2) is 35.5 Å². The highest BCUT2D eigenvalue weighted by Crippen LogP contribution is 2.16. The number of aliphatic hydroxyl groups is 1. The zero-order valence-corrected chi connectivity index (χ0v) is 15.9. The number of hydrogen-bond acceptors (Lipinski definition) is 4. The highest BCUT2D eigenvalue weighted by Gasteiger charge is 2.23. The van der Waals surface area contributed by atoms with Crippen LogP contribution in [-0.2, 0) is 24.8 Å². The van der Waals surface area contributed by atoms with Crippen LogP contribution in [0.1, 0.15) is 23.1 Å². The van der Waals surface area contributed by atoms with Crippen LogP contribution < -0.4 is 9.30 Å². The molecule has 0 saturated heterocycles. The number of aliphatic hydroxyl groups excluding tert-OH is 1. The quantitative estimate of drug-likeness (QED) is 0.513. The SMILES string of the molecule is CCc1n(C[C@@H](O)COc2ccc(C(=O)OC)cc2)c2ccccc2[n+]1C. The number of esters is 1. The van der Waals surface area contributed by atoms with E-state index in [0.29, 0.717) is 17.9 Å². The molecule has 6 nitrogen and oxygen atoms in total. The van der Waals surface area contributed by atoms with E-state index in [-0.39, 0.29) is 12.6 Å². The third kappa shape index (κ3) is 3.95. The average Bonchev–Trinajstić information content (AvgIpc) is 2.97. The summed E-state index contributed by atoms with van der Waals surface area (Å²) in [5.41, 5.74) is 2.70. The molecule has 142 valence electrons. The van der Waals surface area contributed by atoms with Gasteiger partial charge in [0.2, 0.25) is 0 Å². The fraction of sp³-hybridized carbons (Fsp3) is 0.333. The zero-order chi connectivity index (χ0) is 19.4. The van der Waals surface area contributed by atoms with Crippen LogP contribution in [0.4, 0.5) is 0 Å². The predicted octanol–water partition coefficient (Wildman–Crippen LogP) is 2.25. The topological polar surface area (TPSA) is 64.6 Å². The lowest BCUT2D eigenvalue weighted by atomic mass is 10.2. The molecule has 0 aliphatic rings. The van der Waals surface area contributed by atoms with Crippen molar-refractivity contribution < 1.29 is 23.9 Å². The van der Waals surface area contributed by atoms with Crippen LogP contribution >= 0.6 is 0 Å². The summed E-state index contributed by atoms with van der Waals surface area (Å²) in [6.07, 6.45) is 0.208. The van der Waals surface area contributed by atoms with Crippen LogP contribution in [0, 0.1) is 0 Å². The number of para-hydroxylation sites is 2. The zero-order valence-electron chi connectivity index (χ0n) is 15.9. The van der Waals surface area contributed by atoms with Crippen LogP contribution in [0.2, 0.25) is 0 Å². The van der Waals surface area contributed by atoms with E-state index < -0.39 is 6.10 Å². The second-order valence-electron chi connectivity index (χ2n) is 6.41. The van der Waals surface area contributed by atoms with Gasteiger partial charge < -0.3 is 14.6 Å². The van der Waals surface area contributed by atoms with Crippen LogP contribution in [0.15, 0.2) is 48.5 Å². The average molecular weight is 369 g/mol. The van der Waals surface area contributed by atoms with E-state index in [4.69, 9.17) is 4.74 Å². The fourth-order valence-corrected chi connectivity index (χ4v) is 3.33. The van der Waals surface area contributed by atoms with E-state index in [1.54, 1.807) is 24.3 Å². The lowest BCUT2D eigenvalue weighted by Crippen LogP contribution is -2.34. The molecule has 3 aromatic rings. The number of nitrogens with zero attached hydrogens (tertiary/aromatic N) is 2. The van der Waals surface area contributed by atoms with E-state index in [0.717, 1.165) is 23.3 Å². The first-order valence-corrected chi connectivity index (χ1v) is 9.00. The molecule has 0 bridgehead atoms. The number of hydrogen-bond donors (Lipinski definition) is 1. The van der Waals surface area contributed by atoms with Crippen LogP contribution in [0.25, 0.3) is 11.0 Å². The van der Waals surface area contributed by atoms with E-state index in [1.807, 2.05) is 19.2 Å². The van der Waals surface area contributed by atoms with Crippen molar-refractivity contribution in [2.45, 2.75) is 26.0 Å². The van der Waals surface area contributed by atoms with Gasteiger partial charge in [-0.2, -0.15) is 0 Å². The number of imidazole rings is 1. The highest BCUT2D eigenvalue weighted by atomic mass is 16.5. The van der Waals surface area contributed by atoms with Crippen molar-refractivity contribution in [2.75, 3.05) is 13.7 Å². The molecule has 0 aliphatic carbocycles. The van der Waals surface area contributed by atoms with Crippen molar-refractivity contribution in [2.24, 2.45) is 7.05 Å². The van der Waals surface area contributed by atoms with Gasteiger partial charge >= 0.3 is 5.97 Å². The molecule has 0 aliphatic heterocycles. The Kier molecular flexibility index (Phi) is 5.76. The number of ether oxygens (including phenoxy) is 2. The van der Waals surface area contributed by atoms with Crippen molar-refractivity contribution >= 4 is 17.0 Å². The van der Waals surface area contributed by atoms with Gasteiger partial charge in [0.1, 0.15) is 25.0 Å². The molecular weight excluding hydrogens is 344 g/mol. The molecule has 27 heavy (non-hydrogen) atoms. The second kappa shape index (κ2) is 8.22. The van der Waals surface area contributed by atoms with Gasteiger partial charge in [0.25, 0.3) is 5.82 Å². The fourth-order valence-electron chi connectivity index (χ4n) is 3.33. The Labute approximate surface area is 158 Å². The van der Waals surface area contributed by atoms with E-state index in [1.165, 1.54) is 7.11 Å². The largest absolute Gasteiger partial charge is 0.491 e. The van der Waals surface area contributed by atoms with Gasteiger partial charge in [0, 0.05) is 6.42 Å². The predicted molar refractivity (Wildman–Crippen MR) is 102 cm³/mol. The first-order chi connectivity index (χ1) is 13.0. The van der Waals surface area contributed by atoms with Gasteiger partial charge in [-0.3, -0.25) is 0 Å². The Morgan fingerprint density at radius 2 is 1.89 bits per heavy atom. The Hall–Kier alpha value is -2.86. The maximum atomic E-state index is 11.5. The maximum Gasteiger partial charge on any atom is 0.337 e. The van der Waals surface area contributed by atoms with Crippen molar-refractivity contribution in [1.29, 1.82) is 0 Å². The minimum Gasteiger partial charge on any atom is -0.491 e. The molecule has 0 radical (unpaired) electrons. The minimum atomic E-state index is -0.661. The van der Waals surface area contributed by atoms with Gasteiger partial charge in [-0.1, -0.05) is 19.1 Å². The summed E-state index contributed by atoms with van der Waals surface area (Å²) in [5.74, 6) is 1.36. The summed E-state index contributed by atoms with van der Waals surface area (Å²) in [6, 6.07) is 14.8. The molecule has 2 aromatic carbocycles. The highest BCUT2D eigenvalue weighted by molar-refractivity contribution is 5.89. The smallest absolute Gasteiger partial charge is 0.337 e. The molecule has 1 aromatic heterocycles. The number of rotatable bonds is 7. The van der Waals surface area contributed by atoms with Gasteiger partial charge in [0.05, 0.1) is 19.7 Å². The van der Waals surface area contributed by atoms with Crippen LogP contribution in [0.5, 0.6) is 5.75 Å². The lowest BCUT2D eigenvalue weighted by Gasteiger charge is -2.12. The molecular formula is C21H25N2O4+. The Morgan fingerprint density at radius 1 is 1.19 bits per heavy atom. The van der Waals surface area contributed by atoms with Gasteiger partial charge in [-0.15, -0.1) is 0 Å².